The maximum atomic E-state index is 3.75. The Hall–Kier alpha value is -0.0800. The second-order valence-corrected chi connectivity index (χ2v) is 7.46. The van der Waals surface area contributed by atoms with Crippen LogP contribution in [0.5, 0.6) is 0 Å². The molecular formula is C14H30N2. The molecule has 2 N–H and O–H groups in total. The predicted octanol–water partition coefficient (Wildman–Crippen LogP) is 2.79. The molecule has 1 aliphatic rings. The van der Waals surface area contributed by atoms with Crippen molar-refractivity contribution in [2.24, 2.45) is 11.3 Å². The van der Waals surface area contributed by atoms with E-state index in [1.54, 1.807) is 0 Å². The van der Waals surface area contributed by atoms with Crippen LogP contribution in [0.15, 0.2) is 0 Å². The Morgan fingerprint density at radius 3 is 2.44 bits per heavy atom. The molecule has 0 bridgehead atoms. The molecule has 96 valence electrons. The van der Waals surface area contributed by atoms with Crippen molar-refractivity contribution in [1.29, 1.82) is 0 Å². The molecule has 0 amide bonds. The van der Waals surface area contributed by atoms with Crippen LogP contribution in [0.1, 0.15) is 54.4 Å². The van der Waals surface area contributed by atoms with Gasteiger partial charge in [0.05, 0.1) is 0 Å². The van der Waals surface area contributed by atoms with E-state index in [1.165, 1.54) is 12.8 Å². The zero-order chi connectivity index (χ0) is 12.4. The highest BCUT2D eigenvalue weighted by Crippen LogP contribution is 2.27. The number of piperazine rings is 1. The van der Waals surface area contributed by atoms with Crippen LogP contribution in [-0.2, 0) is 0 Å². The fourth-order valence-corrected chi connectivity index (χ4v) is 2.97. The monoisotopic (exact) mass is 226 g/mol. The highest BCUT2D eigenvalue weighted by molar-refractivity contribution is 4.91. The van der Waals surface area contributed by atoms with Gasteiger partial charge >= 0.3 is 0 Å². The van der Waals surface area contributed by atoms with Crippen molar-refractivity contribution in [3.63, 3.8) is 0 Å². The van der Waals surface area contributed by atoms with Crippen LogP contribution in [0.3, 0.4) is 0 Å². The van der Waals surface area contributed by atoms with Crippen LogP contribution in [-0.4, -0.2) is 24.7 Å². The van der Waals surface area contributed by atoms with Gasteiger partial charge in [0.2, 0.25) is 0 Å². The van der Waals surface area contributed by atoms with E-state index in [0.29, 0.717) is 11.5 Å². The maximum Gasteiger partial charge on any atom is 0.0252 e. The summed E-state index contributed by atoms with van der Waals surface area (Å²) >= 11 is 0. The minimum absolute atomic E-state index is 0.254. The lowest BCUT2D eigenvalue weighted by molar-refractivity contribution is 0.214. The van der Waals surface area contributed by atoms with Crippen LogP contribution in [0.4, 0.5) is 0 Å². The average molecular weight is 226 g/mol. The molecule has 0 aromatic heterocycles. The van der Waals surface area contributed by atoms with Gasteiger partial charge in [-0.05, 0) is 38.0 Å². The minimum atomic E-state index is 0.254. The second kappa shape index (κ2) is 5.05. The van der Waals surface area contributed by atoms with Gasteiger partial charge in [-0.1, -0.05) is 27.7 Å². The topological polar surface area (TPSA) is 24.1 Å². The van der Waals surface area contributed by atoms with Crippen molar-refractivity contribution in [2.75, 3.05) is 13.1 Å². The van der Waals surface area contributed by atoms with Gasteiger partial charge in [-0.3, -0.25) is 0 Å². The van der Waals surface area contributed by atoms with Crippen LogP contribution in [0, 0.1) is 11.3 Å². The van der Waals surface area contributed by atoms with Crippen LogP contribution >= 0.6 is 0 Å². The molecular weight excluding hydrogens is 196 g/mol. The highest BCUT2D eigenvalue weighted by atomic mass is 15.1. The van der Waals surface area contributed by atoms with E-state index >= 15 is 0 Å². The first-order chi connectivity index (χ1) is 7.18. The first-order valence-corrected chi connectivity index (χ1v) is 6.66. The standard InChI is InChI=1S/C14H30N2/c1-11(8-13(2,3)4)7-12-9-15-10-14(5,6)16-12/h11-12,15-16H,7-10H2,1-6H3. The Labute approximate surface area is 102 Å². The van der Waals surface area contributed by atoms with E-state index < -0.39 is 0 Å². The lowest BCUT2D eigenvalue weighted by Gasteiger charge is -2.39. The fraction of sp³-hybridized carbons (Fsp3) is 1.00. The number of hydrogen-bond donors (Lipinski definition) is 2. The molecule has 0 aromatic carbocycles. The van der Waals surface area contributed by atoms with Crippen molar-refractivity contribution >= 4 is 0 Å². The van der Waals surface area contributed by atoms with Crippen LogP contribution in [0.25, 0.3) is 0 Å². The SMILES string of the molecule is CC(CC1CNCC(C)(C)N1)CC(C)(C)C. The molecule has 1 heterocycles. The summed E-state index contributed by atoms with van der Waals surface area (Å²) in [5, 5.41) is 7.28. The molecule has 2 atom stereocenters. The van der Waals surface area contributed by atoms with Gasteiger partial charge in [-0.15, -0.1) is 0 Å². The summed E-state index contributed by atoms with van der Waals surface area (Å²) in [6.45, 7) is 16.1. The normalized spacial score (nSPS) is 27.8. The van der Waals surface area contributed by atoms with Gasteiger partial charge in [0.25, 0.3) is 0 Å². The lowest BCUT2D eigenvalue weighted by atomic mass is 9.82. The zero-order valence-electron chi connectivity index (χ0n) is 12.0. The summed E-state index contributed by atoms with van der Waals surface area (Å²) in [6, 6.07) is 0.640. The van der Waals surface area contributed by atoms with E-state index in [4.69, 9.17) is 0 Å². The summed E-state index contributed by atoms with van der Waals surface area (Å²) in [5.41, 5.74) is 0.710. The minimum Gasteiger partial charge on any atom is -0.313 e. The van der Waals surface area contributed by atoms with Crippen molar-refractivity contribution in [3.05, 3.63) is 0 Å². The molecule has 0 saturated carbocycles. The second-order valence-electron chi connectivity index (χ2n) is 7.46. The largest absolute Gasteiger partial charge is 0.313 e. The highest BCUT2D eigenvalue weighted by Gasteiger charge is 2.28. The Morgan fingerprint density at radius 1 is 1.31 bits per heavy atom. The number of nitrogens with one attached hydrogen (secondary N) is 2. The molecule has 2 nitrogen and oxygen atoms in total. The third-order valence-electron chi connectivity index (χ3n) is 3.20. The molecule has 16 heavy (non-hydrogen) atoms. The third-order valence-corrected chi connectivity index (χ3v) is 3.20. The number of rotatable bonds is 3. The van der Waals surface area contributed by atoms with Gasteiger partial charge in [0.15, 0.2) is 0 Å². The Bertz CT molecular complexity index is 215. The average Bonchev–Trinajstić information content (AvgIpc) is 1.96. The van der Waals surface area contributed by atoms with Gasteiger partial charge in [-0.2, -0.15) is 0 Å². The predicted molar refractivity (Wildman–Crippen MR) is 71.7 cm³/mol. The van der Waals surface area contributed by atoms with Crippen LogP contribution < -0.4 is 10.6 Å². The van der Waals surface area contributed by atoms with E-state index in [9.17, 15) is 0 Å². The zero-order valence-corrected chi connectivity index (χ0v) is 12.0. The van der Waals surface area contributed by atoms with Gasteiger partial charge in [0, 0.05) is 24.7 Å². The smallest absolute Gasteiger partial charge is 0.0252 e. The van der Waals surface area contributed by atoms with Gasteiger partial charge < -0.3 is 10.6 Å². The van der Waals surface area contributed by atoms with E-state index in [1.807, 2.05) is 0 Å². The van der Waals surface area contributed by atoms with Crippen LogP contribution in [0.2, 0.25) is 0 Å². The summed E-state index contributed by atoms with van der Waals surface area (Å²) in [7, 11) is 0. The molecule has 0 aromatic rings. The molecule has 0 radical (unpaired) electrons. The van der Waals surface area contributed by atoms with E-state index in [-0.39, 0.29) is 5.54 Å². The summed E-state index contributed by atoms with van der Waals surface area (Å²) < 4.78 is 0. The molecule has 0 aliphatic carbocycles. The molecule has 2 heteroatoms. The third kappa shape index (κ3) is 5.31. The van der Waals surface area contributed by atoms with E-state index in [2.05, 4.69) is 52.2 Å². The lowest BCUT2D eigenvalue weighted by Crippen LogP contribution is -2.61. The molecule has 1 aliphatic heterocycles. The molecule has 1 saturated heterocycles. The maximum absolute atomic E-state index is 3.75. The van der Waals surface area contributed by atoms with Crippen molar-refractivity contribution in [3.8, 4) is 0 Å². The molecule has 1 rings (SSSR count). The first-order valence-electron chi connectivity index (χ1n) is 6.66. The van der Waals surface area contributed by atoms with Crippen molar-refractivity contribution in [2.45, 2.75) is 66.0 Å². The molecule has 2 unspecified atom stereocenters. The quantitative estimate of drug-likeness (QED) is 0.773. The van der Waals surface area contributed by atoms with Crippen molar-refractivity contribution in [1.82, 2.24) is 10.6 Å². The van der Waals surface area contributed by atoms with E-state index in [0.717, 1.165) is 19.0 Å². The summed E-state index contributed by atoms with van der Waals surface area (Å²) in [4.78, 5) is 0. The first kappa shape index (κ1) is 14.0. The Balaban J connectivity index is 2.36. The molecule has 1 fully saturated rings. The fourth-order valence-electron chi connectivity index (χ4n) is 2.97. The Morgan fingerprint density at radius 2 is 1.94 bits per heavy atom. The number of hydrogen-bond acceptors (Lipinski definition) is 2. The van der Waals surface area contributed by atoms with Crippen molar-refractivity contribution < 1.29 is 0 Å². The van der Waals surface area contributed by atoms with Gasteiger partial charge in [-0.25, -0.2) is 0 Å². The Kier molecular flexibility index (Phi) is 4.42. The summed E-state index contributed by atoms with van der Waals surface area (Å²) in [5.74, 6) is 0.799. The summed E-state index contributed by atoms with van der Waals surface area (Å²) in [6.07, 6.45) is 2.60. The van der Waals surface area contributed by atoms with Gasteiger partial charge in [0.1, 0.15) is 0 Å². The molecule has 0 spiro atoms.